The number of benzene rings is 1. The third-order valence-electron chi connectivity index (χ3n) is 2.35. The van der Waals surface area contributed by atoms with Crippen LogP contribution in [0, 0.1) is 0 Å². The predicted molar refractivity (Wildman–Crippen MR) is 58.2 cm³/mol. The summed E-state index contributed by atoms with van der Waals surface area (Å²) in [6.45, 7) is 2.95. The van der Waals surface area contributed by atoms with E-state index in [1.807, 2.05) is 7.05 Å². The number of hydrogen-bond donors (Lipinski definition) is 2. The monoisotopic (exact) mass is 189 g/mol. The number of nitrogens with zero attached hydrogens (tertiary/aromatic N) is 1. The molecule has 0 amide bonds. The highest BCUT2D eigenvalue weighted by Gasteiger charge is 2.01. The van der Waals surface area contributed by atoms with E-state index in [0.717, 1.165) is 29.8 Å². The molecule has 0 aliphatic rings. The zero-order valence-electron chi connectivity index (χ0n) is 8.59. The molecule has 0 saturated carbocycles. The van der Waals surface area contributed by atoms with Crippen molar-refractivity contribution >= 4 is 11.0 Å². The average molecular weight is 189 g/mol. The van der Waals surface area contributed by atoms with E-state index in [-0.39, 0.29) is 0 Å². The lowest BCUT2D eigenvalue weighted by Crippen LogP contribution is -2.06. The lowest BCUT2D eigenvalue weighted by molar-refractivity contribution is 0.775. The lowest BCUT2D eigenvalue weighted by Gasteiger charge is -1.94. The van der Waals surface area contributed by atoms with Crippen LogP contribution >= 0.6 is 0 Å². The van der Waals surface area contributed by atoms with Gasteiger partial charge in [0.15, 0.2) is 0 Å². The maximum absolute atomic E-state index is 4.46. The van der Waals surface area contributed by atoms with Gasteiger partial charge in [-0.05, 0) is 31.2 Å². The topological polar surface area (TPSA) is 40.7 Å². The summed E-state index contributed by atoms with van der Waals surface area (Å²) in [5.74, 6) is 0.996. The highest BCUT2D eigenvalue weighted by Crippen LogP contribution is 2.13. The van der Waals surface area contributed by atoms with Crippen LogP contribution in [0.3, 0.4) is 0 Å². The van der Waals surface area contributed by atoms with Gasteiger partial charge in [0, 0.05) is 0 Å². The molecule has 0 aliphatic heterocycles. The smallest absolute Gasteiger partial charge is 0.121 e. The minimum atomic E-state index is 0.788. The lowest BCUT2D eigenvalue weighted by atomic mass is 10.1. The van der Waals surface area contributed by atoms with Crippen molar-refractivity contribution in [3.05, 3.63) is 29.6 Å². The fourth-order valence-electron chi connectivity index (χ4n) is 1.58. The molecule has 0 fully saturated rings. The Hall–Kier alpha value is -1.35. The average Bonchev–Trinajstić information content (AvgIpc) is 2.59. The van der Waals surface area contributed by atoms with Crippen molar-refractivity contribution in [1.29, 1.82) is 0 Å². The van der Waals surface area contributed by atoms with E-state index in [2.05, 4.69) is 40.4 Å². The van der Waals surface area contributed by atoms with E-state index in [9.17, 15) is 0 Å². The largest absolute Gasteiger partial charge is 0.341 e. The molecule has 1 aromatic carbocycles. The van der Waals surface area contributed by atoms with Crippen LogP contribution in [0.5, 0.6) is 0 Å². The third kappa shape index (κ3) is 1.63. The first kappa shape index (κ1) is 9.21. The number of aromatic nitrogens is 2. The van der Waals surface area contributed by atoms with Gasteiger partial charge in [-0.2, -0.15) is 0 Å². The number of hydrogen-bond acceptors (Lipinski definition) is 2. The molecule has 0 aliphatic carbocycles. The number of H-pyrrole nitrogens is 1. The fourth-order valence-corrected chi connectivity index (χ4v) is 1.58. The van der Waals surface area contributed by atoms with Gasteiger partial charge >= 0.3 is 0 Å². The van der Waals surface area contributed by atoms with Gasteiger partial charge in [-0.15, -0.1) is 0 Å². The van der Waals surface area contributed by atoms with E-state index < -0.39 is 0 Å². The number of fused-ring (bicyclic) bond motifs is 1. The van der Waals surface area contributed by atoms with Crippen LogP contribution in [0.4, 0.5) is 0 Å². The first-order valence-corrected chi connectivity index (χ1v) is 4.95. The Morgan fingerprint density at radius 3 is 3.00 bits per heavy atom. The summed E-state index contributed by atoms with van der Waals surface area (Å²) in [5.41, 5.74) is 3.53. The van der Waals surface area contributed by atoms with Gasteiger partial charge in [0.2, 0.25) is 0 Å². The Morgan fingerprint density at radius 1 is 1.43 bits per heavy atom. The quantitative estimate of drug-likeness (QED) is 0.773. The Balaban J connectivity index is 2.43. The number of rotatable bonds is 3. The van der Waals surface area contributed by atoms with E-state index in [0.29, 0.717) is 0 Å². The Bertz CT molecular complexity index is 431. The van der Waals surface area contributed by atoms with Gasteiger partial charge in [-0.25, -0.2) is 4.98 Å². The molecule has 3 heteroatoms. The van der Waals surface area contributed by atoms with Gasteiger partial charge in [-0.3, -0.25) is 0 Å². The van der Waals surface area contributed by atoms with Crippen molar-refractivity contribution in [2.75, 3.05) is 7.05 Å². The minimum absolute atomic E-state index is 0.788. The van der Waals surface area contributed by atoms with E-state index >= 15 is 0 Å². The maximum Gasteiger partial charge on any atom is 0.121 e. The maximum atomic E-state index is 4.46. The first-order valence-electron chi connectivity index (χ1n) is 4.95. The molecule has 0 bridgehead atoms. The van der Waals surface area contributed by atoms with E-state index in [4.69, 9.17) is 0 Å². The van der Waals surface area contributed by atoms with Gasteiger partial charge in [0.1, 0.15) is 5.82 Å². The van der Waals surface area contributed by atoms with Gasteiger partial charge in [0.25, 0.3) is 0 Å². The molecular formula is C11H15N3. The second-order valence-electron chi connectivity index (χ2n) is 3.42. The van der Waals surface area contributed by atoms with Crippen LogP contribution in [-0.4, -0.2) is 17.0 Å². The summed E-state index contributed by atoms with van der Waals surface area (Å²) in [7, 11) is 1.92. The normalized spacial score (nSPS) is 11.0. The molecule has 14 heavy (non-hydrogen) atoms. The Morgan fingerprint density at radius 2 is 2.29 bits per heavy atom. The first-order chi connectivity index (χ1) is 6.83. The zero-order valence-corrected chi connectivity index (χ0v) is 8.59. The SMILES string of the molecule is CCc1ccc2nc(CNC)[nH]c2c1. The molecule has 2 aromatic rings. The molecule has 2 N–H and O–H groups in total. The van der Waals surface area contributed by atoms with Crippen LogP contribution in [0.1, 0.15) is 18.3 Å². The molecule has 74 valence electrons. The molecule has 3 nitrogen and oxygen atoms in total. The summed E-state index contributed by atoms with van der Waals surface area (Å²) < 4.78 is 0. The molecule has 0 saturated heterocycles. The second kappa shape index (κ2) is 3.80. The Kier molecular flexibility index (Phi) is 2.50. The number of nitrogens with one attached hydrogen (secondary N) is 2. The van der Waals surface area contributed by atoms with Crippen LogP contribution in [-0.2, 0) is 13.0 Å². The second-order valence-corrected chi connectivity index (χ2v) is 3.42. The van der Waals surface area contributed by atoms with Crippen molar-refractivity contribution in [2.24, 2.45) is 0 Å². The summed E-state index contributed by atoms with van der Waals surface area (Å²) in [6, 6.07) is 6.37. The zero-order chi connectivity index (χ0) is 9.97. The molecule has 1 heterocycles. The summed E-state index contributed by atoms with van der Waals surface area (Å²) in [4.78, 5) is 7.76. The van der Waals surface area contributed by atoms with Crippen molar-refractivity contribution < 1.29 is 0 Å². The Labute approximate surface area is 83.6 Å². The third-order valence-corrected chi connectivity index (χ3v) is 2.35. The summed E-state index contributed by atoms with van der Waals surface area (Å²) in [5, 5.41) is 3.08. The van der Waals surface area contributed by atoms with Crippen molar-refractivity contribution in [3.8, 4) is 0 Å². The number of aryl methyl sites for hydroxylation is 1. The summed E-state index contributed by atoms with van der Waals surface area (Å²) in [6.07, 6.45) is 1.07. The molecular weight excluding hydrogens is 174 g/mol. The molecule has 0 atom stereocenters. The van der Waals surface area contributed by atoms with Crippen LogP contribution in [0.2, 0.25) is 0 Å². The number of imidazole rings is 1. The van der Waals surface area contributed by atoms with E-state index in [1.165, 1.54) is 5.56 Å². The molecule has 1 aromatic heterocycles. The number of aromatic amines is 1. The van der Waals surface area contributed by atoms with Crippen LogP contribution < -0.4 is 5.32 Å². The molecule has 0 spiro atoms. The molecule has 0 radical (unpaired) electrons. The van der Waals surface area contributed by atoms with Gasteiger partial charge in [0.05, 0.1) is 17.6 Å². The highest BCUT2D eigenvalue weighted by molar-refractivity contribution is 5.75. The molecule has 2 rings (SSSR count). The van der Waals surface area contributed by atoms with E-state index in [1.54, 1.807) is 0 Å². The fraction of sp³-hybridized carbons (Fsp3) is 0.364. The van der Waals surface area contributed by atoms with Gasteiger partial charge < -0.3 is 10.3 Å². The highest BCUT2D eigenvalue weighted by atomic mass is 15.0. The predicted octanol–water partition coefficient (Wildman–Crippen LogP) is 1.84. The van der Waals surface area contributed by atoms with Crippen molar-refractivity contribution in [1.82, 2.24) is 15.3 Å². The van der Waals surface area contributed by atoms with Gasteiger partial charge in [-0.1, -0.05) is 13.0 Å². The standard InChI is InChI=1S/C11H15N3/c1-3-8-4-5-9-10(6-8)14-11(13-9)7-12-2/h4-6,12H,3,7H2,1-2H3,(H,13,14). The molecule has 0 unspecified atom stereocenters. The minimum Gasteiger partial charge on any atom is -0.341 e. The van der Waals surface area contributed by atoms with Crippen molar-refractivity contribution in [2.45, 2.75) is 19.9 Å². The van der Waals surface area contributed by atoms with Crippen LogP contribution in [0.25, 0.3) is 11.0 Å². The van der Waals surface area contributed by atoms with Crippen molar-refractivity contribution in [3.63, 3.8) is 0 Å². The van der Waals surface area contributed by atoms with Crippen LogP contribution in [0.15, 0.2) is 18.2 Å². The summed E-state index contributed by atoms with van der Waals surface area (Å²) >= 11 is 0.